The second-order valence-corrected chi connectivity index (χ2v) is 19.2. The van der Waals surface area contributed by atoms with Gasteiger partial charge in [0.05, 0.1) is 5.41 Å². The van der Waals surface area contributed by atoms with E-state index in [-0.39, 0.29) is 5.92 Å². The highest BCUT2D eigenvalue weighted by Gasteiger charge is 2.52. The van der Waals surface area contributed by atoms with Crippen molar-refractivity contribution in [3.8, 4) is 79.2 Å². The van der Waals surface area contributed by atoms with Crippen molar-refractivity contribution in [2.24, 2.45) is 0 Å². The second-order valence-electron chi connectivity index (χ2n) is 19.2. The van der Waals surface area contributed by atoms with E-state index < -0.39 is 5.41 Å². The number of benzene rings is 8. The Morgan fingerprint density at radius 1 is 0.370 bits per heavy atom. The maximum atomic E-state index is 5.36. The Kier molecular flexibility index (Phi) is 10.2. The van der Waals surface area contributed by atoms with Crippen LogP contribution < -0.4 is 0 Å². The van der Waals surface area contributed by atoms with Crippen LogP contribution in [-0.4, -0.2) is 29.9 Å². The summed E-state index contributed by atoms with van der Waals surface area (Å²) in [4.78, 5) is 31.5. The number of fused-ring (bicyclic) bond motifs is 9. The van der Waals surface area contributed by atoms with Crippen LogP contribution in [0.4, 0.5) is 0 Å². The third-order valence-corrected chi connectivity index (χ3v) is 15.0. The molecule has 0 aliphatic heterocycles. The highest BCUT2D eigenvalue weighted by atomic mass is 15.0. The van der Waals surface area contributed by atoms with Crippen LogP contribution in [0.15, 0.2) is 242 Å². The Labute approximate surface area is 424 Å². The molecule has 73 heavy (non-hydrogen) atoms. The van der Waals surface area contributed by atoms with Crippen LogP contribution in [0.3, 0.4) is 0 Å². The van der Waals surface area contributed by atoms with Gasteiger partial charge in [-0.3, -0.25) is 0 Å². The highest BCUT2D eigenvalue weighted by Crippen LogP contribution is 2.64. The molecule has 2 unspecified atom stereocenters. The van der Waals surface area contributed by atoms with Crippen molar-refractivity contribution in [1.29, 1.82) is 0 Å². The SMILES string of the molecule is C1=CC2=C(CC1)c1ccc(-c3nc(-c4ccccc4)nc(-c4ccc(-c5ccccc5)cc4)n3)cc1C21c2ccccc2-c2ccc(-c3nc(-c4ccccc4)nc(C4C=CC(c5ccccc5)=CC4)n3)cc21. The molecule has 6 heteroatoms. The van der Waals surface area contributed by atoms with Crippen molar-refractivity contribution < 1.29 is 0 Å². The lowest BCUT2D eigenvalue weighted by molar-refractivity contribution is 0.765. The molecule has 1 spiro atoms. The molecule has 0 fully saturated rings. The summed E-state index contributed by atoms with van der Waals surface area (Å²) in [6, 6.07) is 72.8. The largest absolute Gasteiger partial charge is 0.212 e. The molecule has 344 valence electrons. The van der Waals surface area contributed by atoms with Gasteiger partial charge in [-0.1, -0.05) is 225 Å². The van der Waals surface area contributed by atoms with E-state index in [0.29, 0.717) is 29.1 Å². The highest BCUT2D eigenvalue weighted by molar-refractivity contribution is 5.97. The Hall–Kier alpha value is -9.26. The van der Waals surface area contributed by atoms with Gasteiger partial charge in [-0.25, -0.2) is 29.9 Å². The predicted molar refractivity (Wildman–Crippen MR) is 294 cm³/mol. The van der Waals surface area contributed by atoms with Gasteiger partial charge in [-0.05, 0) is 98.2 Å². The first-order chi connectivity index (χ1) is 36.2. The lowest BCUT2D eigenvalue weighted by atomic mass is 9.68. The third kappa shape index (κ3) is 7.25. The van der Waals surface area contributed by atoms with Crippen LogP contribution in [-0.2, 0) is 5.41 Å². The Bertz CT molecular complexity index is 3920. The lowest BCUT2D eigenvalue weighted by Gasteiger charge is -2.32. The summed E-state index contributed by atoms with van der Waals surface area (Å²) in [6.45, 7) is 0. The molecule has 10 aromatic rings. The van der Waals surface area contributed by atoms with Crippen molar-refractivity contribution in [3.05, 3.63) is 276 Å². The quantitative estimate of drug-likeness (QED) is 0.151. The summed E-state index contributed by atoms with van der Waals surface area (Å²) in [6.07, 6.45) is 14.2. The van der Waals surface area contributed by atoms with Crippen molar-refractivity contribution in [2.45, 2.75) is 30.6 Å². The first-order valence-electron chi connectivity index (χ1n) is 25.2. The van der Waals surface area contributed by atoms with Gasteiger partial charge >= 0.3 is 0 Å². The molecule has 4 aliphatic carbocycles. The normalized spacial score (nSPS) is 17.0. The summed E-state index contributed by atoms with van der Waals surface area (Å²) in [5.74, 6) is 3.97. The maximum Gasteiger partial charge on any atom is 0.164 e. The zero-order valence-electron chi connectivity index (χ0n) is 39.9. The van der Waals surface area contributed by atoms with E-state index in [1.165, 1.54) is 55.7 Å². The molecular formula is C67H46N6. The zero-order valence-corrected chi connectivity index (χ0v) is 39.9. The third-order valence-electron chi connectivity index (χ3n) is 15.0. The molecular weight excluding hydrogens is 889 g/mol. The van der Waals surface area contributed by atoms with E-state index in [4.69, 9.17) is 29.9 Å². The van der Waals surface area contributed by atoms with Crippen molar-refractivity contribution in [1.82, 2.24) is 29.9 Å². The standard InChI is InChI=1S/C67H46N6/c1-5-17-43(18-6-1)45-29-33-49(34-30-45)63-68-61(47-21-9-3-10-22-47)70-65(72-63)51-37-39-55-53-25-13-15-27-57(53)67(59(55)41-51)58-28-16-14-26-54(58)56-40-38-52(42-60(56)67)66-71-62(48-23-11-4-12-24-48)69-64(73-66)50-35-31-46(32-36-50)44-19-7-2-8-20-44/h1-13,15-25,27-33,35-42,49H,14,26,34H2. The molecule has 2 heterocycles. The average molecular weight is 935 g/mol. The van der Waals surface area contributed by atoms with Crippen molar-refractivity contribution >= 4 is 11.1 Å². The number of rotatable bonds is 8. The van der Waals surface area contributed by atoms with Crippen LogP contribution in [0.1, 0.15) is 58.8 Å². The zero-order chi connectivity index (χ0) is 48.3. The first-order valence-corrected chi connectivity index (χ1v) is 25.2. The first kappa shape index (κ1) is 42.6. The number of nitrogens with zero attached hydrogens (tertiary/aromatic N) is 6. The van der Waals surface area contributed by atoms with Crippen LogP contribution in [0.2, 0.25) is 0 Å². The van der Waals surface area contributed by atoms with Gasteiger partial charge in [0.1, 0.15) is 5.82 Å². The van der Waals surface area contributed by atoms with E-state index in [1.54, 1.807) is 0 Å². The average Bonchev–Trinajstić information content (AvgIpc) is 3.96. The fourth-order valence-electron chi connectivity index (χ4n) is 11.5. The molecule has 4 aliphatic rings. The maximum absolute atomic E-state index is 5.36. The summed E-state index contributed by atoms with van der Waals surface area (Å²) in [7, 11) is 0. The number of hydrogen-bond acceptors (Lipinski definition) is 6. The molecule has 6 nitrogen and oxygen atoms in total. The van der Waals surface area contributed by atoms with Crippen LogP contribution >= 0.6 is 0 Å². The molecule has 2 atom stereocenters. The van der Waals surface area contributed by atoms with Gasteiger partial charge in [0, 0.05) is 33.7 Å². The second kappa shape index (κ2) is 17.5. The van der Waals surface area contributed by atoms with Gasteiger partial charge < -0.3 is 0 Å². The fourth-order valence-corrected chi connectivity index (χ4v) is 11.5. The molecule has 0 saturated carbocycles. The smallest absolute Gasteiger partial charge is 0.164 e. The molecule has 0 N–H and O–H groups in total. The van der Waals surface area contributed by atoms with Crippen LogP contribution in [0.25, 0.3) is 90.3 Å². The van der Waals surface area contributed by atoms with E-state index >= 15 is 0 Å². The summed E-state index contributed by atoms with van der Waals surface area (Å²) >= 11 is 0. The molecule has 0 amide bonds. The van der Waals surface area contributed by atoms with Gasteiger partial charge in [-0.2, -0.15) is 0 Å². The van der Waals surface area contributed by atoms with Gasteiger partial charge in [0.2, 0.25) is 0 Å². The molecule has 8 aromatic carbocycles. The Morgan fingerprint density at radius 2 is 0.822 bits per heavy atom. The minimum Gasteiger partial charge on any atom is -0.212 e. The van der Waals surface area contributed by atoms with Crippen molar-refractivity contribution in [3.63, 3.8) is 0 Å². The minimum atomic E-state index is -0.617. The predicted octanol–water partition coefficient (Wildman–Crippen LogP) is 15.6. The Balaban J connectivity index is 0.926. The van der Waals surface area contributed by atoms with E-state index in [1.807, 2.05) is 42.5 Å². The molecule has 0 radical (unpaired) electrons. The molecule has 0 saturated heterocycles. The number of allylic oxidation sites excluding steroid dienone is 8. The van der Waals surface area contributed by atoms with Gasteiger partial charge in [-0.15, -0.1) is 0 Å². The summed E-state index contributed by atoms with van der Waals surface area (Å²) in [5, 5.41) is 0. The lowest BCUT2D eigenvalue weighted by Crippen LogP contribution is -2.27. The van der Waals surface area contributed by atoms with Crippen LogP contribution in [0.5, 0.6) is 0 Å². The number of aromatic nitrogens is 6. The van der Waals surface area contributed by atoms with E-state index in [0.717, 1.165) is 64.0 Å². The molecule has 14 rings (SSSR count). The summed E-state index contributed by atoms with van der Waals surface area (Å²) in [5.41, 5.74) is 19.0. The van der Waals surface area contributed by atoms with Gasteiger partial charge in [0.25, 0.3) is 0 Å². The summed E-state index contributed by atoms with van der Waals surface area (Å²) < 4.78 is 0. The van der Waals surface area contributed by atoms with Gasteiger partial charge in [0.15, 0.2) is 29.1 Å². The number of hydrogen-bond donors (Lipinski definition) is 0. The monoisotopic (exact) mass is 934 g/mol. The topological polar surface area (TPSA) is 77.3 Å². The fraction of sp³-hybridized carbons (Fsp3) is 0.0746. The molecule has 2 aromatic heterocycles. The molecule has 0 bridgehead atoms. The Morgan fingerprint density at radius 3 is 1.44 bits per heavy atom. The minimum absolute atomic E-state index is 0.00565. The van der Waals surface area contributed by atoms with Crippen LogP contribution in [0, 0.1) is 0 Å². The van der Waals surface area contributed by atoms with Crippen molar-refractivity contribution in [2.75, 3.05) is 0 Å². The van der Waals surface area contributed by atoms with E-state index in [2.05, 4.69) is 194 Å². The van der Waals surface area contributed by atoms with E-state index in [9.17, 15) is 0 Å².